The average Bonchev–Trinajstić information content (AvgIpc) is 2.49. The molecular formula is C15H11ClFNO3. The number of carbonyl (C=O) groups is 1. The number of halogens is 2. The van der Waals surface area contributed by atoms with E-state index in [-0.39, 0.29) is 17.3 Å². The molecule has 4 nitrogen and oxygen atoms in total. The van der Waals surface area contributed by atoms with Crippen molar-refractivity contribution in [3.05, 3.63) is 53.3 Å². The Labute approximate surface area is 125 Å². The summed E-state index contributed by atoms with van der Waals surface area (Å²) in [7, 11) is 0. The molecule has 1 aliphatic rings. The molecule has 1 heterocycles. The maximum absolute atomic E-state index is 13.6. The molecule has 2 aromatic carbocycles. The van der Waals surface area contributed by atoms with Gasteiger partial charge in [0.05, 0.1) is 5.69 Å². The van der Waals surface area contributed by atoms with Crippen LogP contribution in [0.15, 0.2) is 42.5 Å². The van der Waals surface area contributed by atoms with Gasteiger partial charge in [-0.1, -0.05) is 23.7 Å². The highest BCUT2D eigenvalue weighted by Gasteiger charge is 2.27. The lowest BCUT2D eigenvalue weighted by molar-refractivity contribution is -0.125. The van der Waals surface area contributed by atoms with Gasteiger partial charge in [0, 0.05) is 5.02 Å². The second-order valence-electron chi connectivity index (χ2n) is 4.48. The molecule has 21 heavy (non-hydrogen) atoms. The lowest BCUT2D eigenvalue weighted by Gasteiger charge is -2.25. The number of hydrogen-bond donors (Lipinski definition) is 1. The summed E-state index contributed by atoms with van der Waals surface area (Å²) in [6, 6.07) is 11.1. The molecule has 0 aromatic heterocycles. The van der Waals surface area contributed by atoms with Crippen LogP contribution in [0, 0.1) is 5.82 Å². The molecule has 0 spiro atoms. The summed E-state index contributed by atoms with van der Waals surface area (Å²) in [6.07, 6.45) is -0.838. The van der Waals surface area contributed by atoms with Crippen LogP contribution in [0.3, 0.4) is 0 Å². The third-order valence-electron chi connectivity index (χ3n) is 2.99. The van der Waals surface area contributed by atoms with Crippen molar-refractivity contribution in [1.82, 2.24) is 0 Å². The fraction of sp³-hybridized carbons (Fsp3) is 0.133. The van der Waals surface area contributed by atoms with E-state index in [0.717, 1.165) is 6.07 Å². The smallest absolute Gasteiger partial charge is 0.269 e. The minimum absolute atomic E-state index is 0.0480. The number of hydrogen-bond acceptors (Lipinski definition) is 3. The van der Waals surface area contributed by atoms with Crippen molar-refractivity contribution < 1.29 is 18.7 Å². The Kier molecular flexibility index (Phi) is 3.66. The summed E-state index contributed by atoms with van der Waals surface area (Å²) in [5, 5.41) is 2.72. The Hall–Kier alpha value is -2.27. The molecule has 6 heteroatoms. The molecule has 2 aromatic rings. The van der Waals surface area contributed by atoms with E-state index >= 15 is 0 Å². The second kappa shape index (κ2) is 5.61. The van der Waals surface area contributed by atoms with Gasteiger partial charge in [0.25, 0.3) is 5.91 Å². The summed E-state index contributed by atoms with van der Waals surface area (Å²) in [5.74, 6) is -0.0154. The molecule has 1 amide bonds. The Morgan fingerprint density at radius 1 is 1.24 bits per heavy atom. The fourth-order valence-electron chi connectivity index (χ4n) is 1.95. The minimum Gasteiger partial charge on any atom is -0.485 e. The number of nitrogens with one attached hydrogen (secondary N) is 1. The zero-order valence-electron chi connectivity index (χ0n) is 10.8. The highest BCUT2D eigenvalue weighted by atomic mass is 35.5. The van der Waals surface area contributed by atoms with Crippen LogP contribution in [0.5, 0.6) is 11.5 Å². The van der Waals surface area contributed by atoms with E-state index in [4.69, 9.17) is 21.1 Å². The number of fused-ring (bicyclic) bond motifs is 1. The SMILES string of the molecule is O=C(Nc1ccc(Cl)cc1F)C1COc2ccccc2O1. The molecule has 0 aliphatic carbocycles. The molecule has 0 bridgehead atoms. The van der Waals surface area contributed by atoms with E-state index < -0.39 is 17.8 Å². The number of ether oxygens (including phenoxy) is 2. The first-order chi connectivity index (χ1) is 10.1. The normalized spacial score (nSPS) is 16.4. The topological polar surface area (TPSA) is 47.6 Å². The summed E-state index contributed by atoms with van der Waals surface area (Å²) in [4.78, 5) is 12.1. The van der Waals surface area contributed by atoms with Gasteiger partial charge in [0.2, 0.25) is 6.10 Å². The predicted octanol–water partition coefficient (Wildman–Crippen LogP) is 3.26. The zero-order chi connectivity index (χ0) is 14.8. The van der Waals surface area contributed by atoms with Crippen LogP contribution in [0.1, 0.15) is 0 Å². The van der Waals surface area contributed by atoms with Crippen molar-refractivity contribution in [3.63, 3.8) is 0 Å². The lowest BCUT2D eigenvalue weighted by atomic mass is 10.2. The number of amides is 1. The quantitative estimate of drug-likeness (QED) is 0.926. The van der Waals surface area contributed by atoms with Crippen LogP contribution in [0.25, 0.3) is 0 Å². The highest BCUT2D eigenvalue weighted by molar-refractivity contribution is 6.30. The molecule has 1 aliphatic heterocycles. The number of rotatable bonds is 2. The second-order valence-corrected chi connectivity index (χ2v) is 4.91. The molecule has 0 saturated heterocycles. The Morgan fingerprint density at radius 2 is 2.00 bits per heavy atom. The molecule has 0 radical (unpaired) electrons. The lowest BCUT2D eigenvalue weighted by Crippen LogP contribution is -2.40. The minimum atomic E-state index is -0.838. The van der Waals surface area contributed by atoms with Gasteiger partial charge in [-0.15, -0.1) is 0 Å². The average molecular weight is 308 g/mol. The molecule has 0 fully saturated rings. The van der Waals surface area contributed by atoms with E-state index in [0.29, 0.717) is 11.5 Å². The largest absolute Gasteiger partial charge is 0.485 e. The Balaban J connectivity index is 1.72. The van der Waals surface area contributed by atoms with E-state index in [1.807, 2.05) is 6.07 Å². The zero-order valence-corrected chi connectivity index (χ0v) is 11.6. The molecule has 1 N–H and O–H groups in total. The van der Waals surface area contributed by atoms with Gasteiger partial charge in [-0.05, 0) is 30.3 Å². The summed E-state index contributed by atoms with van der Waals surface area (Å²) < 4.78 is 24.6. The fourth-order valence-corrected chi connectivity index (χ4v) is 2.11. The van der Waals surface area contributed by atoms with Crippen LogP contribution >= 0.6 is 11.6 Å². The monoisotopic (exact) mass is 307 g/mol. The maximum atomic E-state index is 13.6. The summed E-state index contributed by atoms with van der Waals surface area (Å²) in [6.45, 7) is 0.0675. The van der Waals surface area contributed by atoms with Crippen LogP contribution in [0.2, 0.25) is 5.02 Å². The Bertz CT molecular complexity index is 692. The van der Waals surface area contributed by atoms with Gasteiger partial charge >= 0.3 is 0 Å². The van der Waals surface area contributed by atoms with Gasteiger partial charge < -0.3 is 14.8 Å². The third-order valence-corrected chi connectivity index (χ3v) is 3.23. The molecule has 0 saturated carbocycles. The van der Waals surface area contributed by atoms with Crippen molar-refractivity contribution >= 4 is 23.2 Å². The van der Waals surface area contributed by atoms with E-state index in [2.05, 4.69) is 5.32 Å². The summed E-state index contributed by atoms with van der Waals surface area (Å²) >= 11 is 5.66. The standard InChI is InChI=1S/C15H11ClFNO3/c16-9-5-6-11(10(17)7-9)18-15(19)14-8-20-12-3-1-2-4-13(12)21-14/h1-7,14H,8H2,(H,18,19). The number of para-hydroxylation sites is 2. The summed E-state index contributed by atoms with van der Waals surface area (Å²) in [5.41, 5.74) is 0.0480. The maximum Gasteiger partial charge on any atom is 0.269 e. The van der Waals surface area contributed by atoms with E-state index in [9.17, 15) is 9.18 Å². The first kappa shape index (κ1) is 13.7. The molecule has 1 atom stereocenters. The molecule has 108 valence electrons. The van der Waals surface area contributed by atoms with Crippen molar-refractivity contribution in [3.8, 4) is 11.5 Å². The van der Waals surface area contributed by atoms with Crippen molar-refractivity contribution in [2.75, 3.05) is 11.9 Å². The highest BCUT2D eigenvalue weighted by Crippen LogP contribution is 2.31. The van der Waals surface area contributed by atoms with Crippen LogP contribution in [-0.4, -0.2) is 18.6 Å². The first-order valence-corrected chi connectivity index (χ1v) is 6.65. The number of anilines is 1. The van der Waals surface area contributed by atoms with Gasteiger partial charge in [-0.25, -0.2) is 4.39 Å². The van der Waals surface area contributed by atoms with E-state index in [1.165, 1.54) is 12.1 Å². The van der Waals surface area contributed by atoms with Crippen LogP contribution in [0.4, 0.5) is 10.1 Å². The van der Waals surface area contributed by atoms with Crippen LogP contribution < -0.4 is 14.8 Å². The van der Waals surface area contributed by atoms with Gasteiger partial charge in [-0.2, -0.15) is 0 Å². The number of benzene rings is 2. The van der Waals surface area contributed by atoms with Crippen molar-refractivity contribution in [1.29, 1.82) is 0 Å². The first-order valence-electron chi connectivity index (χ1n) is 6.28. The molecule has 1 unspecified atom stereocenters. The third kappa shape index (κ3) is 2.92. The van der Waals surface area contributed by atoms with Gasteiger partial charge in [0.1, 0.15) is 12.4 Å². The van der Waals surface area contributed by atoms with Crippen LogP contribution in [-0.2, 0) is 4.79 Å². The van der Waals surface area contributed by atoms with Gasteiger partial charge in [0.15, 0.2) is 11.5 Å². The molecule has 3 rings (SSSR count). The number of carbonyl (C=O) groups excluding carboxylic acids is 1. The van der Waals surface area contributed by atoms with E-state index in [1.54, 1.807) is 18.2 Å². The predicted molar refractivity (Wildman–Crippen MR) is 76.4 cm³/mol. The Morgan fingerprint density at radius 3 is 2.76 bits per heavy atom. The molecular weight excluding hydrogens is 297 g/mol. The van der Waals surface area contributed by atoms with Crippen molar-refractivity contribution in [2.45, 2.75) is 6.10 Å². The van der Waals surface area contributed by atoms with Gasteiger partial charge in [-0.3, -0.25) is 4.79 Å². The van der Waals surface area contributed by atoms with Crippen molar-refractivity contribution in [2.24, 2.45) is 0 Å².